The van der Waals surface area contributed by atoms with Gasteiger partial charge in [0, 0.05) is 11.4 Å². The first-order chi connectivity index (χ1) is 25.1. The Labute approximate surface area is 301 Å². The van der Waals surface area contributed by atoms with Crippen LogP contribution in [-0.2, 0) is 0 Å². The smallest absolute Gasteiger partial charge is 0.0519 e. The molecule has 7 aromatic rings. The van der Waals surface area contributed by atoms with Crippen LogP contribution >= 0.6 is 0 Å². The quantitative estimate of drug-likeness (QED) is 0.165. The molecule has 1 nitrogen and oxygen atoms in total. The van der Waals surface area contributed by atoms with Gasteiger partial charge in [-0.15, -0.1) is 0 Å². The van der Waals surface area contributed by atoms with Gasteiger partial charge in [0.1, 0.15) is 0 Å². The molecule has 0 atom stereocenters. The van der Waals surface area contributed by atoms with Crippen LogP contribution in [-0.4, -0.2) is 0 Å². The highest BCUT2D eigenvalue weighted by atomic mass is 15.2. The van der Waals surface area contributed by atoms with Gasteiger partial charge in [-0.05, 0) is 146 Å². The van der Waals surface area contributed by atoms with E-state index in [1.807, 2.05) is 0 Å². The van der Waals surface area contributed by atoms with Crippen LogP contribution in [0.2, 0.25) is 0 Å². The SMILES string of the molecule is CC/C(C)=C(\C1=CCCC=C1)N(c1cccc(-c2ccc3cc(-c4ccc5c6c(cccc46)-c4ccccc4-5)ccc3c2)c1)c1ccccc1C. The Balaban J connectivity index is 1.11. The fraction of sp³-hybridized carbons (Fsp3) is 0.120. The zero-order valence-corrected chi connectivity index (χ0v) is 29.6. The molecule has 0 bridgehead atoms. The Morgan fingerprint density at radius 2 is 1.25 bits per heavy atom. The largest absolute Gasteiger partial charge is 0.310 e. The molecule has 0 radical (unpaired) electrons. The summed E-state index contributed by atoms with van der Waals surface area (Å²) in [6.07, 6.45) is 10.2. The van der Waals surface area contributed by atoms with Gasteiger partial charge in [0.05, 0.1) is 5.70 Å². The Bertz CT molecular complexity index is 2560. The molecule has 246 valence electrons. The molecule has 2 aliphatic rings. The number of hydrogen-bond donors (Lipinski definition) is 0. The summed E-state index contributed by atoms with van der Waals surface area (Å²) in [5.74, 6) is 0. The number of para-hydroxylation sites is 1. The summed E-state index contributed by atoms with van der Waals surface area (Å²) in [7, 11) is 0. The van der Waals surface area contributed by atoms with E-state index < -0.39 is 0 Å². The Morgan fingerprint density at radius 3 is 2.02 bits per heavy atom. The molecule has 51 heavy (non-hydrogen) atoms. The lowest BCUT2D eigenvalue weighted by Crippen LogP contribution is -2.20. The normalized spacial score (nSPS) is 13.7. The van der Waals surface area contributed by atoms with E-state index in [2.05, 4.69) is 183 Å². The molecule has 0 saturated heterocycles. The van der Waals surface area contributed by atoms with E-state index in [1.165, 1.54) is 99.8 Å². The summed E-state index contributed by atoms with van der Waals surface area (Å²) >= 11 is 0. The Kier molecular flexibility index (Phi) is 7.78. The van der Waals surface area contributed by atoms with Crippen LogP contribution in [0.4, 0.5) is 11.4 Å². The molecule has 1 heteroatoms. The van der Waals surface area contributed by atoms with Crippen molar-refractivity contribution in [1.29, 1.82) is 0 Å². The second-order valence-electron chi connectivity index (χ2n) is 14.0. The van der Waals surface area contributed by atoms with E-state index in [1.54, 1.807) is 0 Å². The zero-order valence-electron chi connectivity index (χ0n) is 29.6. The minimum atomic E-state index is 0.990. The predicted octanol–water partition coefficient (Wildman–Crippen LogP) is 14.4. The number of rotatable bonds is 7. The van der Waals surface area contributed by atoms with Crippen LogP contribution in [0.15, 0.2) is 175 Å². The zero-order chi connectivity index (χ0) is 34.5. The maximum atomic E-state index is 2.49. The van der Waals surface area contributed by atoms with Gasteiger partial charge in [-0.2, -0.15) is 0 Å². The first kappa shape index (κ1) is 31.1. The van der Waals surface area contributed by atoms with Crippen LogP contribution in [0, 0.1) is 6.92 Å². The number of allylic oxidation sites excluding steroid dienone is 4. The molecule has 0 saturated carbocycles. The first-order valence-electron chi connectivity index (χ1n) is 18.3. The summed E-state index contributed by atoms with van der Waals surface area (Å²) in [5.41, 5.74) is 18.0. The molecule has 2 aliphatic carbocycles. The summed E-state index contributed by atoms with van der Waals surface area (Å²) in [6.45, 7) is 6.77. The van der Waals surface area contributed by atoms with E-state index in [4.69, 9.17) is 0 Å². The minimum Gasteiger partial charge on any atom is -0.310 e. The van der Waals surface area contributed by atoms with Gasteiger partial charge in [-0.25, -0.2) is 0 Å². The molecule has 0 unspecified atom stereocenters. The van der Waals surface area contributed by atoms with Gasteiger partial charge in [-0.1, -0.05) is 134 Å². The molecule has 0 aromatic heterocycles. The average molecular weight is 656 g/mol. The van der Waals surface area contributed by atoms with Crippen molar-refractivity contribution in [2.24, 2.45) is 0 Å². The minimum absolute atomic E-state index is 0.990. The van der Waals surface area contributed by atoms with Crippen molar-refractivity contribution in [2.45, 2.75) is 40.0 Å². The molecule has 0 spiro atoms. The molecular weight excluding hydrogens is 615 g/mol. The van der Waals surface area contributed by atoms with Gasteiger partial charge in [0.2, 0.25) is 0 Å². The van der Waals surface area contributed by atoms with Crippen LogP contribution in [0.5, 0.6) is 0 Å². The average Bonchev–Trinajstić information content (AvgIpc) is 3.52. The summed E-state index contributed by atoms with van der Waals surface area (Å²) < 4.78 is 0. The van der Waals surface area contributed by atoms with Crippen molar-refractivity contribution < 1.29 is 0 Å². The predicted molar refractivity (Wildman–Crippen MR) is 220 cm³/mol. The number of aryl methyl sites for hydroxylation is 1. The van der Waals surface area contributed by atoms with E-state index in [0.717, 1.165) is 19.3 Å². The van der Waals surface area contributed by atoms with E-state index in [-0.39, 0.29) is 0 Å². The monoisotopic (exact) mass is 655 g/mol. The fourth-order valence-electron chi connectivity index (χ4n) is 8.20. The second kappa shape index (κ2) is 12.8. The van der Waals surface area contributed by atoms with E-state index >= 15 is 0 Å². The van der Waals surface area contributed by atoms with Crippen LogP contribution < -0.4 is 4.90 Å². The lowest BCUT2D eigenvalue weighted by atomic mass is 9.92. The molecule has 0 aliphatic heterocycles. The number of fused-ring (bicyclic) bond motifs is 4. The van der Waals surface area contributed by atoms with Crippen molar-refractivity contribution in [3.05, 3.63) is 180 Å². The van der Waals surface area contributed by atoms with Gasteiger partial charge in [0.15, 0.2) is 0 Å². The van der Waals surface area contributed by atoms with Gasteiger partial charge < -0.3 is 4.90 Å². The van der Waals surface area contributed by atoms with Gasteiger partial charge in [0.25, 0.3) is 0 Å². The Morgan fingerprint density at radius 1 is 0.588 bits per heavy atom. The third kappa shape index (κ3) is 5.32. The number of nitrogens with zero attached hydrogens (tertiary/aromatic N) is 1. The molecular formula is C50H41N. The van der Waals surface area contributed by atoms with Crippen LogP contribution in [0.1, 0.15) is 38.7 Å². The fourth-order valence-corrected chi connectivity index (χ4v) is 8.20. The highest BCUT2D eigenvalue weighted by molar-refractivity contribution is 6.18. The van der Waals surface area contributed by atoms with Crippen LogP contribution in [0.3, 0.4) is 0 Å². The third-order valence-corrected chi connectivity index (χ3v) is 10.9. The van der Waals surface area contributed by atoms with Crippen molar-refractivity contribution >= 4 is 32.9 Å². The highest BCUT2D eigenvalue weighted by Crippen LogP contribution is 2.49. The van der Waals surface area contributed by atoms with E-state index in [9.17, 15) is 0 Å². The Hall–Kier alpha value is -5.92. The molecule has 0 amide bonds. The van der Waals surface area contributed by atoms with Crippen molar-refractivity contribution in [2.75, 3.05) is 4.90 Å². The molecule has 7 aromatic carbocycles. The van der Waals surface area contributed by atoms with Gasteiger partial charge in [-0.3, -0.25) is 0 Å². The maximum absolute atomic E-state index is 2.49. The summed E-state index contributed by atoms with van der Waals surface area (Å²) in [6, 6.07) is 51.9. The number of hydrogen-bond acceptors (Lipinski definition) is 1. The third-order valence-electron chi connectivity index (χ3n) is 10.9. The van der Waals surface area contributed by atoms with E-state index in [0.29, 0.717) is 0 Å². The van der Waals surface area contributed by atoms with Crippen molar-refractivity contribution in [3.63, 3.8) is 0 Å². The topological polar surface area (TPSA) is 3.24 Å². The molecule has 0 heterocycles. The lowest BCUT2D eigenvalue weighted by molar-refractivity contribution is 0.981. The first-order valence-corrected chi connectivity index (χ1v) is 18.3. The number of benzene rings is 7. The van der Waals surface area contributed by atoms with Crippen molar-refractivity contribution in [1.82, 2.24) is 0 Å². The lowest BCUT2D eigenvalue weighted by Gasteiger charge is -2.32. The molecule has 0 fully saturated rings. The van der Waals surface area contributed by atoms with Crippen LogP contribution in [0.25, 0.3) is 66.1 Å². The summed E-state index contributed by atoms with van der Waals surface area (Å²) in [5, 5.41) is 5.18. The standard InChI is InChI=1S/C50H41N/c1-4-33(2)50(35-15-6-5-7-16-35)51(48-23-11-8-14-34(48)3)41-18-12-17-36(32-41)37-24-25-39-31-40(27-26-38(39)30-37)42-28-29-47-44-20-10-9-19-43(44)46-22-13-21-45(42)49(46)47/h6,8-32H,4-5,7H2,1-3H3/b50-33+. The maximum Gasteiger partial charge on any atom is 0.0519 e. The van der Waals surface area contributed by atoms with Crippen molar-refractivity contribution in [3.8, 4) is 44.5 Å². The second-order valence-corrected chi connectivity index (χ2v) is 14.0. The highest BCUT2D eigenvalue weighted by Gasteiger charge is 2.23. The summed E-state index contributed by atoms with van der Waals surface area (Å²) in [4.78, 5) is 2.49. The van der Waals surface area contributed by atoms with Gasteiger partial charge >= 0.3 is 0 Å². The number of anilines is 2. The molecule has 9 rings (SSSR count). The molecule has 0 N–H and O–H groups in total.